The molecule has 19 heavy (non-hydrogen) atoms. The Hall–Kier alpha value is -0.960. The summed E-state index contributed by atoms with van der Waals surface area (Å²) >= 11 is 0. The molecule has 1 aromatic heterocycles. The van der Waals surface area contributed by atoms with Crippen LogP contribution < -0.4 is 0 Å². The lowest BCUT2D eigenvalue weighted by molar-refractivity contribution is 0.132. The van der Waals surface area contributed by atoms with Crippen molar-refractivity contribution >= 4 is 10.0 Å². The fourth-order valence-electron chi connectivity index (χ4n) is 2.34. The Morgan fingerprint density at radius 1 is 1.47 bits per heavy atom. The third kappa shape index (κ3) is 3.33. The monoisotopic (exact) mass is 288 g/mol. The van der Waals surface area contributed by atoms with Gasteiger partial charge in [-0.2, -0.15) is 9.40 Å². The molecule has 0 bridgehead atoms. The molecule has 0 aromatic carbocycles. The molecule has 1 fully saturated rings. The quantitative estimate of drug-likeness (QED) is 0.816. The van der Waals surface area contributed by atoms with Crippen LogP contribution in [0.4, 0.5) is 0 Å². The minimum absolute atomic E-state index is 0.180. The zero-order valence-electron chi connectivity index (χ0n) is 11.2. The number of likely N-dealkylation sites (N-methyl/N-ethyl adjacent to an activating group) is 1. The molecule has 108 valence electrons. The summed E-state index contributed by atoms with van der Waals surface area (Å²) in [5, 5.41) is 6.26. The van der Waals surface area contributed by atoms with Crippen LogP contribution in [0.3, 0.4) is 0 Å². The van der Waals surface area contributed by atoms with E-state index in [1.54, 1.807) is 7.11 Å². The molecule has 0 saturated carbocycles. The Morgan fingerprint density at radius 3 is 2.89 bits per heavy atom. The number of sulfonamides is 1. The Bertz CT molecular complexity index is 488. The second kappa shape index (κ2) is 6.00. The minimum atomic E-state index is -3.46. The molecule has 7 nitrogen and oxygen atoms in total. The van der Waals surface area contributed by atoms with Crippen LogP contribution in [0.25, 0.3) is 0 Å². The Kier molecular flexibility index (Phi) is 4.56. The van der Waals surface area contributed by atoms with Gasteiger partial charge in [0.1, 0.15) is 4.90 Å². The molecule has 0 radical (unpaired) electrons. The van der Waals surface area contributed by atoms with Gasteiger partial charge in [-0.15, -0.1) is 0 Å². The van der Waals surface area contributed by atoms with Crippen LogP contribution in [-0.2, 0) is 14.8 Å². The SMILES string of the molecule is COC[C@H]1CN(C)CCN(S(=O)(=O)c2cn[nH]c2)C1. The zero-order chi connectivity index (χ0) is 13.9. The van der Waals surface area contributed by atoms with Crippen molar-refractivity contribution in [2.75, 3.05) is 46.9 Å². The van der Waals surface area contributed by atoms with Gasteiger partial charge in [-0.3, -0.25) is 5.10 Å². The van der Waals surface area contributed by atoms with Gasteiger partial charge in [-0.25, -0.2) is 8.42 Å². The molecular weight excluding hydrogens is 268 g/mol. The number of ether oxygens (including phenoxy) is 1. The highest BCUT2D eigenvalue weighted by Crippen LogP contribution is 2.18. The molecule has 0 amide bonds. The van der Waals surface area contributed by atoms with Crippen LogP contribution in [0.1, 0.15) is 0 Å². The van der Waals surface area contributed by atoms with Crippen molar-refractivity contribution in [3.05, 3.63) is 12.4 Å². The third-order valence-corrected chi connectivity index (χ3v) is 5.11. The fraction of sp³-hybridized carbons (Fsp3) is 0.727. The highest BCUT2D eigenvalue weighted by atomic mass is 32.2. The lowest BCUT2D eigenvalue weighted by Gasteiger charge is -2.22. The van der Waals surface area contributed by atoms with E-state index in [1.807, 2.05) is 7.05 Å². The lowest BCUT2D eigenvalue weighted by Crippen LogP contribution is -2.36. The summed E-state index contributed by atoms with van der Waals surface area (Å²) in [7, 11) is 0.176. The molecule has 1 atom stereocenters. The molecule has 8 heteroatoms. The van der Waals surface area contributed by atoms with E-state index in [1.165, 1.54) is 16.7 Å². The molecule has 0 spiro atoms. The smallest absolute Gasteiger partial charge is 0.246 e. The second-order valence-electron chi connectivity index (χ2n) is 4.88. The van der Waals surface area contributed by atoms with Crippen molar-refractivity contribution in [2.24, 2.45) is 5.92 Å². The number of aromatic amines is 1. The van der Waals surface area contributed by atoms with Gasteiger partial charge in [0.05, 0.1) is 12.8 Å². The second-order valence-corrected chi connectivity index (χ2v) is 6.82. The van der Waals surface area contributed by atoms with Gasteiger partial charge >= 0.3 is 0 Å². The Balaban J connectivity index is 2.18. The fourth-order valence-corrected chi connectivity index (χ4v) is 3.75. The molecule has 2 rings (SSSR count). The number of aromatic nitrogens is 2. The van der Waals surface area contributed by atoms with E-state index < -0.39 is 10.0 Å². The highest BCUT2D eigenvalue weighted by Gasteiger charge is 2.30. The number of H-pyrrole nitrogens is 1. The van der Waals surface area contributed by atoms with Crippen LogP contribution >= 0.6 is 0 Å². The van der Waals surface area contributed by atoms with Gasteiger partial charge in [0.25, 0.3) is 0 Å². The van der Waals surface area contributed by atoms with Crippen LogP contribution in [-0.4, -0.2) is 74.8 Å². The first-order valence-electron chi connectivity index (χ1n) is 6.20. The summed E-state index contributed by atoms with van der Waals surface area (Å²) in [5.41, 5.74) is 0. The predicted octanol–water partition coefficient (Wildman–Crippen LogP) is -0.392. The maximum absolute atomic E-state index is 12.5. The maximum Gasteiger partial charge on any atom is 0.246 e. The molecule has 1 aromatic rings. The number of nitrogens with zero attached hydrogens (tertiary/aromatic N) is 3. The van der Waals surface area contributed by atoms with E-state index in [2.05, 4.69) is 15.1 Å². The maximum atomic E-state index is 12.5. The first-order valence-corrected chi connectivity index (χ1v) is 7.64. The van der Waals surface area contributed by atoms with E-state index >= 15 is 0 Å². The summed E-state index contributed by atoms with van der Waals surface area (Å²) in [6, 6.07) is 0. The van der Waals surface area contributed by atoms with Crippen LogP contribution in [0.15, 0.2) is 17.3 Å². The van der Waals surface area contributed by atoms with Gasteiger partial charge in [-0.05, 0) is 7.05 Å². The topological polar surface area (TPSA) is 78.5 Å². The van der Waals surface area contributed by atoms with Gasteiger partial charge in [-0.1, -0.05) is 0 Å². The summed E-state index contributed by atoms with van der Waals surface area (Å²) in [6.07, 6.45) is 2.75. The minimum Gasteiger partial charge on any atom is -0.384 e. The zero-order valence-corrected chi connectivity index (χ0v) is 12.1. The average molecular weight is 288 g/mol. The molecule has 2 heterocycles. The van der Waals surface area contributed by atoms with E-state index in [-0.39, 0.29) is 10.8 Å². The summed E-state index contributed by atoms with van der Waals surface area (Å²) in [4.78, 5) is 2.35. The number of nitrogens with one attached hydrogen (secondary N) is 1. The Labute approximate surface area is 113 Å². The van der Waals surface area contributed by atoms with Crippen molar-refractivity contribution in [1.29, 1.82) is 0 Å². The van der Waals surface area contributed by atoms with Crippen LogP contribution in [0.2, 0.25) is 0 Å². The standard InChI is InChI=1S/C11H20N4O3S/c1-14-3-4-15(8-10(7-14)9-18-2)19(16,17)11-5-12-13-6-11/h5-6,10H,3-4,7-9H2,1-2H3,(H,12,13)/t10-/m0/s1. The third-order valence-electron chi connectivity index (χ3n) is 3.28. The van der Waals surface area contributed by atoms with Gasteiger partial charge < -0.3 is 9.64 Å². The Morgan fingerprint density at radius 2 is 2.26 bits per heavy atom. The molecule has 0 aliphatic carbocycles. The highest BCUT2D eigenvalue weighted by molar-refractivity contribution is 7.89. The van der Waals surface area contributed by atoms with Crippen LogP contribution in [0, 0.1) is 5.92 Å². The van der Waals surface area contributed by atoms with Crippen molar-refractivity contribution in [1.82, 2.24) is 19.4 Å². The molecule has 0 unspecified atom stereocenters. The van der Waals surface area contributed by atoms with Crippen LogP contribution in [0.5, 0.6) is 0 Å². The van der Waals surface area contributed by atoms with E-state index in [9.17, 15) is 8.42 Å². The number of methoxy groups -OCH3 is 1. The number of hydrogen-bond donors (Lipinski definition) is 1. The molecular formula is C11H20N4O3S. The molecule has 1 aliphatic rings. The molecule has 1 N–H and O–H groups in total. The van der Waals surface area contributed by atoms with Crippen molar-refractivity contribution in [3.8, 4) is 0 Å². The summed E-state index contributed by atoms with van der Waals surface area (Å²) in [6.45, 7) is 3.08. The van der Waals surface area contributed by atoms with E-state index in [0.717, 1.165) is 13.1 Å². The first-order chi connectivity index (χ1) is 9.04. The van der Waals surface area contributed by atoms with Crippen molar-refractivity contribution in [3.63, 3.8) is 0 Å². The van der Waals surface area contributed by atoms with Gasteiger partial charge in [0.15, 0.2) is 0 Å². The molecule has 1 saturated heterocycles. The van der Waals surface area contributed by atoms with E-state index in [0.29, 0.717) is 19.7 Å². The van der Waals surface area contributed by atoms with Gasteiger partial charge in [0.2, 0.25) is 10.0 Å². The first kappa shape index (κ1) is 14.4. The largest absolute Gasteiger partial charge is 0.384 e. The number of hydrogen-bond acceptors (Lipinski definition) is 5. The van der Waals surface area contributed by atoms with Crippen molar-refractivity contribution < 1.29 is 13.2 Å². The lowest BCUT2D eigenvalue weighted by atomic mass is 10.1. The number of rotatable bonds is 4. The van der Waals surface area contributed by atoms with Gasteiger partial charge in [0, 0.05) is 45.4 Å². The van der Waals surface area contributed by atoms with E-state index in [4.69, 9.17) is 4.74 Å². The summed E-state index contributed by atoms with van der Waals surface area (Å²) in [5.74, 6) is 0.180. The summed E-state index contributed by atoms with van der Waals surface area (Å²) < 4.78 is 31.6. The van der Waals surface area contributed by atoms with Crippen molar-refractivity contribution in [2.45, 2.75) is 4.90 Å². The normalized spacial score (nSPS) is 23.4. The molecule has 1 aliphatic heterocycles. The predicted molar refractivity (Wildman–Crippen MR) is 70.2 cm³/mol. The average Bonchev–Trinajstić information content (AvgIpc) is 2.82.